The highest BCUT2D eigenvalue weighted by molar-refractivity contribution is 6.31. The van der Waals surface area contributed by atoms with Gasteiger partial charge in [0.1, 0.15) is 11.9 Å². The highest BCUT2D eigenvalue weighted by atomic mass is 35.5. The van der Waals surface area contributed by atoms with Crippen LogP contribution in [0.15, 0.2) is 6.07 Å². The van der Waals surface area contributed by atoms with E-state index >= 15 is 0 Å². The monoisotopic (exact) mass is 267 g/mol. The molecule has 1 fully saturated rings. The van der Waals surface area contributed by atoms with Gasteiger partial charge in [-0.3, -0.25) is 0 Å². The van der Waals surface area contributed by atoms with Gasteiger partial charge in [-0.15, -0.1) is 0 Å². The first-order valence-corrected chi connectivity index (χ1v) is 6.17. The molecule has 1 aliphatic heterocycles. The van der Waals surface area contributed by atoms with Gasteiger partial charge in [-0.2, -0.15) is 0 Å². The number of aromatic nitrogens is 3. The molecule has 0 saturated carbocycles. The van der Waals surface area contributed by atoms with Crippen molar-refractivity contribution >= 4 is 22.8 Å². The number of ether oxygens (including phenoxy) is 2. The lowest BCUT2D eigenvalue weighted by atomic mass is 10.3. The molecular formula is C12H14ClN3O2. The Labute approximate surface area is 109 Å². The van der Waals surface area contributed by atoms with Crippen LogP contribution in [-0.4, -0.2) is 27.3 Å². The number of pyridine rings is 1. The predicted molar refractivity (Wildman–Crippen MR) is 67.5 cm³/mol. The number of halogens is 1. The third-order valence-corrected chi connectivity index (χ3v) is 3.32. The van der Waals surface area contributed by atoms with Gasteiger partial charge in [0.05, 0.1) is 22.8 Å². The summed E-state index contributed by atoms with van der Waals surface area (Å²) in [5, 5.41) is 0.627. The number of hydrogen-bond donors (Lipinski definition) is 1. The van der Waals surface area contributed by atoms with Crippen LogP contribution in [0.2, 0.25) is 5.02 Å². The Morgan fingerprint density at radius 3 is 2.89 bits per heavy atom. The number of hydrogen-bond acceptors (Lipinski definition) is 4. The second-order valence-electron chi connectivity index (χ2n) is 4.87. The molecule has 5 nitrogen and oxygen atoms in total. The van der Waals surface area contributed by atoms with Gasteiger partial charge in [0.25, 0.3) is 0 Å². The summed E-state index contributed by atoms with van der Waals surface area (Å²) in [6, 6.07) is 1.83. The van der Waals surface area contributed by atoms with Gasteiger partial charge in [-0.05, 0) is 26.8 Å². The summed E-state index contributed by atoms with van der Waals surface area (Å²) in [6.45, 7) is 6.11. The van der Waals surface area contributed by atoms with Crippen molar-refractivity contribution in [1.82, 2.24) is 15.0 Å². The van der Waals surface area contributed by atoms with Gasteiger partial charge >= 0.3 is 0 Å². The Bertz CT molecular complexity index is 570. The second kappa shape index (κ2) is 3.91. The zero-order chi connectivity index (χ0) is 12.9. The molecule has 2 aromatic heterocycles. The number of nitrogens with one attached hydrogen (secondary N) is 1. The van der Waals surface area contributed by atoms with Crippen LogP contribution < -0.4 is 0 Å². The third-order valence-electron chi connectivity index (χ3n) is 2.93. The van der Waals surface area contributed by atoms with Crippen molar-refractivity contribution in [3.8, 4) is 0 Å². The maximum atomic E-state index is 6.04. The van der Waals surface area contributed by atoms with E-state index in [2.05, 4.69) is 15.0 Å². The molecule has 0 radical (unpaired) electrons. The summed E-state index contributed by atoms with van der Waals surface area (Å²) in [6.07, 6.45) is -0.187. The molecule has 0 aliphatic carbocycles. The van der Waals surface area contributed by atoms with E-state index in [1.54, 1.807) is 0 Å². The van der Waals surface area contributed by atoms with Gasteiger partial charge in [0.15, 0.2) is 11.4 Å². The number of fused-ring (bicyclic) bond motifs is 1. The van der Waals surface area contributed by atoms with E-state index in [0.29, 0.717) is 17.3 Å². The summed E-state index contributed by atoms with van der Waals surface area (Å²) in [4.78, 5) is 11.9. The molecule has 1 aliphatic rings. The van der Waals surface area contributed by atoms with Crippen LogP contribution >= 0.6 is 11.6 Å². The minimum atomic E-state index is -0.565. The fourth-order valence-electron chi connectivity index (χ4n) is 2.00. The van der Waals surface area contributed by atoms with E-state index in [1.165, 1.54) is 0 Å². The average Bonchev–Trinajstić information content (AvgIpc) is 2.82. The average molecular weight is 268 g/mol. The Kier molecular flexibility index (Phi) is 2.59. The van der Waals surface area contributed by atoms with Crippen molar-refractivity contribution in [2.45, 2.75) is 32.7 Å². The van der Waals surface area contributed by atoms with E-state index in [0.717, 1.165) is 17.0 Å². The van der Waals surface area contributed by atoms with Gasteiger partial charge in [-0.1, -0.05) is 11.6 Å². The molecule has 1 saturated heterocycles. The number of nitrogens with zero attached hydrogens (tertiary/aromatic N) is 2. The Hall–Kier alpha value is -1.17. The Balaban J connectivity index is 1.99. The van der Waals surface area contributed by atoms with Crippen molar-refractivity contribution in [1.29, 1.82) is 0 Å². The van der Waals surface area contributed by atoms with Crippen molar-refractivity contribution in [2.24, 2.45) is 0 Å². The van der Waals surface area contributed by atoms with E-state index in [1.807, 2.05) is 26.8 Å². The minimum Gasteiger partial charge on any atom is -0.347 e. The van der Waals surface area contributed by atoms with Crippen molar-refractivity contribution < 1.29 is 9.47 Å². The van der Waals surface area contributed by atoms with Crippen LogP contribution in [0.5, 0.6) is 0 Å². The standard InChI is InChI=1S/C12H14ClN3O2/c1-6-7(13)4-8-10(14-6)16-11(15-8)9-5-17-12(2,3)18-9/h4,9H,5H2,1-3H3,(H,14,15,16). The Morgan fingerprint density at radius 1 is 1.44 bits per heavy atom. The smallest absolute Gasteiger partial charge is 0.178 e. The van der Waals surface area contributed by atoms with Crippen molar-refractivity contribution in [3.63, 3.8) is 0 Å². The summed E-state index contributed by atoms with van der Waals surface area (Å²) < 4.78 is 11.3. The number of imidazole rings is 1. The van der Waals surface area contributed by atoms with Gasteiger partial charge in [0, 0.05) is 0 Å². The topological polar surface area (TPSA) is 60.0 Å². The predicted octanol–water partition coefficient (Wildman–Crippen LogP) is 2.74. The molecular weight excluding hydrogens is 254 g/mol. The molecule has 1 unspecified atom stereocenters. The number of H-pyrrole nitrogens is 1. The van der Waals surface area contributed by atoms with Crippen molar-refractivity contribution in [2.75, 3.05) is 6.61 Å². The zero-order valence-electron chi connectivity index (χ0n) is 10.5. The molecule has 6 heteroatoms. The highest BCUT2D eigenvalue weighted by Crippen LogP contribution is 2.32. The fourth-order valence-corrected chi connectivity index (χ4v) is 2.15. The minimum absolute atomic E-state index is 0.187. The maximum absolute atomic E-state index is 6.04. The summed E-state index contributed by atoms with van der Waals surface area (Å²) in [5.74, 6) is 0.162. The van der Waals surface area contributed by atoms with Gasteiger partial charge in [0.2, 0.25) is 0 Å². The van der Waals surface area contributed by atoms with Crippen LogP contribution in [0, 0.1) is 6.92 Å². The molecule has 2 aromatic rings. The van der Waals surface area contributed by atoms with Gasteiger partial charge in [-0.25, -0.2) is 9.97 Å². The quantitative estimate of drug-likeness (QED) is 0.863. The summed E-state index contributed by atoms with van der Waals surface area (Å²) in [7, 11) is 0. The lowest BCUT2D eigenvalue weighted by Crippen LogP contribution is -2.19. The van der Waals surface area contributed by atoms with Crippen LogP contribution in [0.1, 0.15) is 31.5 Å². The Morgan fingerprint density at radius 2 is 2.22 bits per heavy atom. The molecule has 0 spiro atoms. The highest BCUT2D eigenvalue weighted by Gasteiger charge is 2.35. The molecule has 1 atom stereocenters. The van der Waals surface area contributed by atoms with Crippen LogP contribution in [0.25, 0.3) is 11.2 Å². The third kappa shape index (κ3) is 1.98. The molecule has 1 N–H and O–H groups in total. The lowest BCUT2D eigenvalue weighted by molar-refractivity contribution is -0.139. The summed E-state index contributed by atoms with van der Waals surface area (Å²) in [5.41, 5.74) is 2.24. The zero-order valence-corrected chi connectivity index (χ0v) is 11.2. The molecule has 3 rings (SSSR count). The van der Waals surface area contributed by atoms with E-state index in [4.69, 9.17) is 21.1 Å². The first kappa shape index (κ1) is 11.9. The number of rotatable bonds is 1. The fraction of sp³-hybridized carbons (Fsp3) is 0.500. The molecule has 0 amide bonds. The van der Waals surface area contributed by atoms with Crippen LogP contribution in [0.4, 0.5) is 0 Å². The number of aryl methyl sites for hydroxylation is 1. The van der Waals surface area contributed by atoms with Crippen LogP contribution in [-0.2, 0) is 9.47 Å². The molecule has 96 valence electrons. The SMILES string of the molecule is Cc1nc2nc(C3COC(C)(C)O3)[nH]c2cc1Cl. The largest absolute Gasteiger partial charge is 0.347 e. The van der Waals surface area contributed by atoms with Crippen LogP contribution in [0.3, 0.4) is 0 Å². The van der Waals surface area contributed by atoms with Crippen molar-refractivity contribution in [3.05, 3.63) is 22.6 Å². The molecule has 0 aromatic carbocycles. The van der Waals surface area contributed by atoms with E-state index in [-0.39, 0.29) is 6.10 Å². The van der Waals surface area contributed by atoms with E-state index in [9.17, 15) is 0 Å². The van der Waals surface area contributed by atoms with E-state index < -0.39 is 5.79 Å². The maximum Gasteiger partial charge on any atom is 0.178 e. The molecule has 3 heterocycles. The summed E-state index contributed by atoms with van der Waals surface area (Å²) >= 11 is 6.04. The van der Waals surface area contributed by atoms with Gasteiger partial charge < -0.3 is 14.5 Å². The second-order valence-corrected chi connectivity index (χ2v) is 5.27. The lowest BCUT2D eigenvalue weighted by Gasteiger charge is -2.15. The number of aromatic amines is 1. The first-order valence-electron chi connectivity index (χ1n) is 5.79. The first-order chi connectivity index (χ1) is 8.44. The normalized spacial score (nSPS) is 22.8. The molecule has 0 bridgehead atoms. The molecule has 18 heavy (non-hydrogen) atoms.